The summed E-state index contributed by atoms with van der Waals surface area (Å²) in [5.41, 5.74) is 6.81. The molecule has 0 radical (unpaired) electrons. The molecule has 1 rings (SSSR count). The van der Waals surface area contributed by atoms with Crippen LogP contribution in [0.5, 0.6) is 11.5 Å². The van der Waals surface area contributed by atoms with E-state index >= 15 is 0 Å². The summed E-state index contributed by atoms with van der Waals surface area (Å²) in [4.78, 5) is 0. The predicted molar refractivity (Wildman–Crippen MR) is 78.9 cm³/mol. The molecule has 0 aliphatic rings. The molecule has 0 saturated carbocycles. The van der Waals surface area contributed by atoms with Crippen molar-refractivity contribution >= 4 is 11.6 Å². The van der Waals surface area contributed by atoms with Gasteiger partial charge in [0.15, 0.2) is 11.5 Å². The number of hydrogen-bond donors (Lipinski definition) is 1. The minimum absolute atomic E-state index is 0.0287. The van der Waals surface area contributed by atoms with Gasteiger partial charge in [0.25, 0.3) is 0 Å². The zero-order chi connectivity index (χ0) is 14.3. The molecular weight excluding hydrogens is 262 g/mol. The first-order chi connectivity index (χ1) is 9.08. The van der Waals surface area contributed by atoms with Crippen LogP contribution in [-0.4, -0.2) is 19.8 Å². The molecule has 2 N–H and O–H groups in total. The average molecular weight is 282 g/mol. The number of rotatable bonds is 6. The highest BCUT2D eigenvalue weighted by atomic mass is 35.5. The molecule has 4 heteroatoms. The molecule has 19 heavy (non-hydrogen) atoms. The van der Waals surface area contributed by atoms with E-state index in [4.69, 9.17) is 26.8 Å². The number of nitrogens with two attached hydrogens (primary N) is 1. The Morgan fingerprint density at radius 2 is 2.16 bits per heavy atom. The van der Waals surface area contributed by atoms with E-state index in [0.29, 0.717) is 36.0 Å². The van der Waals surface area contributed by atoms with Gasteiger partial charge in [0, 0.05) is 29.1 Å². The molecule has 0 bridgehead atoms. The lowest BCUT2D eigenvalue weighted by atomic mass is 10.1. The van der Waals surface area contributed by atoms with E-state index in [1.165, 1.54) is 0 Å². The number of ether oxygens (including phenoxy) is 2. The number of hydrogen-bond acceptors (Lipinski definition) is 3. The van der Waals surface area contributed by atoms with Crippen molar-refractivity contribution in [3.63, 3.8) is 0 Å². The first-order valence-corrected chi connectivity index (χ1v) is 6.60. The molecule has 0 saturated heterocycles. The van der Waals surface area contributed by atoms with Crippen molar-refractivity contribution in [1.82, 2.24) is 0 Å². The molecule has 0 spiro atoms. The fourth-order valence-electron chi connectivity index (χ4n) is 1.77. The first-order valence-electron chi connectivity index (χ1n) is 6.22. The molecule has 0 amide bonds. The molecule has 0 heterocycles. The number of halogens is 1. The maximum absolute atomic E-state index is 6.07. The lowest BCUT2D eigenvalue weighted by Gasteiger charge is -2.16. The third kappa shape index (κ3) is 5.02. The minimum Gasteiger partial charge on any atom is -0.493 e. The third-order valence-electron chi connectivity index (χ3n) is 2.51. The van der Waals surface area contributed by atoms with Crippen molar-refractivity contribution in [1.29, 1.82) is 0 Å². The SMILES string of the molecule is CC#CCCOc1c(CC(C)N)cc(Cl)cc1OC. The lowest BCUT2D eigenvalue weighted by molar-refractivity contribution is 0.298. The van der Waals surface area contributed by atoms with Gasteiger partial charge in [-0.15, -0.1) is 11.8 Å². The molecule has 0 fully saturated rings. The second-order valence-electron chi connectivity index (χ2n) is 4.30. The molecule has 0 aromatic heterocycles. The van der Waals surface area contributed by atoms with Gasteiger partial charge in [0.2, 0.25) is 0 Å². The van der Waals surface area contributed by atoms with Crippen LogP contribution in [0, 0.1) is 11.8 Å². The van der Waals surface area contributed by atoms with Gasteiger partial charge in [0.05, 0.1) is 13.7 Å². The molecule has 1 unspecified atom stereocenters. The van der Waals surface area contributed by atoms with Gasteiger partial charge in [-0.2, -0.15) is 0 Å². The summed E-state index contributed by atoms with van der Waals surface area (Å²) >= 11 is 6.07. The van der Waals surface area contributed by atoms with Gasteiger partial charge in [-0.25, -0.2) is 0 Å². The predicted octanol–water partition coefficient (Wildman–Crippen LogP) is 3.03. The molecule has 1 atom stereocenters. The van der Waals surface area contributed by atoms with Crippen LogP contribution in [0.4, 0.5) is 0 Å². The standard InChI is InChI=1S/C15H20ClNO2/c1-4-5-6-7-19-15-12(8-11(2)17)9-13(16)10-14(15)18-3/h9-11H,6-8,17H2,1-3H3. The molecule has 104 valence electrons. The smallest absolute Gasteiger partial charge is 0.164 e. The van der Waals surface area contributed by atoms with Gasteiger partial charge >= 0.3 is 0 Å². The Balaban J connectivity index is 2.97. The van der Waals surface area contributed by atoms with Crippen LogP contribution in [0.1, 0.15) is 25.8 Å². The van der Waals surface area contributed by atoms with Gasteiger partial charge in [0.1, 0.15) is 0 Å². The lowest BCUT2D eigenvalue weighted by Crippen LogP contribution is -2.18. The highest BCUT2D eigenvalue weighted by Gasteiger charge is 2.14. The fraction of sp³-hybridized carbons (Fsp3) is 0.467. The molecule has 0 aliphatic heterocycles. The summed E-state index contributed by atoms with van der Waals surface area (Å²) in [6.45, 7) is 4.27. The van der Waals surface area contributed by atoms with Crippen LogP contribution in [0.15, 0.2) is 12.1 Å². The largest absolute Gasteiger partial charge is 0.493 e. The Hall–Kier alpha value is -1.37. The monoisotopic (exact) mass is 281 g/mol. The van der Waals surface area contributed by atoms with Crippen LogP contribution >= 0.6 is 11.6 Å². The van der Waals surface area contributed by atoms with Gasteiger partial charge in [-0.05, 0) is 26.3 Å². The Morgan fingerprint density at radius 1 is 1.42 bits per heavy atom. The van der Waals surface area contributed by atoms with E-state index in [-0.39, 0.29) is 6.04 Å². The Labute approximate surface area is 120 Å². The van der Waals surface area contributed by atoms with Gasteiger partial charge in [-0.1, -0.05) is 11.6 Å². The second-order valence-corrected chi connectivity index (χ2v) is 4.74. The van der Waals surface area contributed by atoms with Crippen LogP contribution in [-0.2, 0) is 6.42 Å². The fourth-order valence-corrected chi connectivity index (χ4v) is 2.00. The summed E-state index contributed by atoms with van der Waals surface area (Å²) < 4.78 is 11.1. The van der Waals surface area contributed by atoms with E-state index < -0.39 is 0 Å². The summed E-state index contributed by atoms with van der Waals surface area (Å²) in [6, 6.07) is 3.64. The average Bonchev–Trinajstić information content (AvgIpc) is 2.35. The highest BCUT2D eigenvalue weighted by Crippen LogP contribution is 2.35. The molecule has 3 nitrogen and oxygen atoms in total. The van der Waals surface area contributed by atoms with E-state index in [1.54, 1.807) is 13.2 Å². The van der Waals surface area contributed by atoms with Gasteiger partial charge in [-0.3, -0.25) is 0 Å². The summed E-state index contributed by atoms with van der Waals surface area (Å²) in [7, 11) is 1.60. The molecule has 0 aliphatic carbocycles. The van der Waals surface area contributed by atoms with Gasteiger partial charge < -0.3 is 15.2 Å². The van der Waals surface area contributed by atoms with Crippen molar-refractivity contribution in [2.24, 2.45) is 5.73 Å². The Kier molecular flexibility index (Phi) is 6.55. The normalized spacial score (nSPS) is 11.4. The third-order valence-corrected chi connectivity index (χ3v) is 2.73. The minimum atomic E-state index is 0.0287. The van der Waals surface area contributed by atoms with Crippen molar-refractivity contribution in [3.8, 4) is 23.3 Å². The number of benzene rings is 1. The van der Waals surface area contributed by atoms with Crippen molar-refractivity contribution in [2.75, 3.05) is 13.7 Å². The zero-order valence-electron chi connectivity index (χ0n) is 11.6. The van der Waals surface area contributed by atoms with Crippen molar-refractivity contribution in [3.05, 3.63) is 22.7 Å². The molecule has 1 aromatic carbocycles. The van der Waals surface area contributed by atoms with E-state index in [0.717, 1.165) is 5.56 Å². The van der Waals surface area contributed by atoms with Crippen LogP contribution < -0.4 is 15.2 Å². The van der Waals surface area contributed by atoms with Crippen LogP contribution in [0.2, 0.25) is 5.02 Å². The zero-order valence-corrected chi connectivity index (χ0v) is 12.4. The maximum Gasteiger partial charge on any atom is 0.164 e. The maximum atomic E-state index is 6.07. The number of methoxy groups -OCH3 is 1. The topological polar surface area (TPSA) is 44.5 Å². The molecule has 1 aromatic rings. The Bertz CT molecular complexity index is 475. The quantitative estimate of drug-likeness (QED) is 0.644. The second kappa shape index (κ2) is 7.93. The Morgan fingerprint density at radius 3 is 2.74 bits per heavy atom. The van der Waals surface area contributed by atoms with Crippen molar-refractivity contribution in [2.45, 2.75) is 32.7 Å². The van der Waals surface area contributed by atoms with Crippen LogP contribution in [0.25, 0.3) is 0 Å². The summed E-state index contributed by atoms with van der Waals surface area (Å²) in [5, 5.41) is 0.619. The van der Waals surface area contributed by atoms with E-state index in [2.05, 4.69) is 11.8 Å². The van der Waals surface area contributed by atoms with Crippen molar-refractivity contribution < 1.29 is 9.47 Å². The van der Waals surface area contributed by atoms with E-state index in [9.17, 15) is 0 Å². The highest BCUT2D eigenvalue weighted by molar-refractivity contribution is 6.30. The molecular formula is C15H20ClNO2. The summed E-state index contributed by atoms with van der Waals surface area (Å²) in [5.74, 6) is 7.14. The summed E-state index contributed by atoms with van der Waals surface area (Å²) in [6.07, 6.45) is 1.37. The van der Waals surface area contributed by atoms with E-state index in [1.807, 2.05) is 19.9 Å². The van der Waals surface area contributed by atoms with Crippen LogP contribution in [0.3, 0.4) is 0 Å². The first kappa shape index (κ1) is 15.7.